The monoisotopic (exact) mass is 285 g/mol. The first-order valence-electron chi connectivity index (χ1n) is 6.68. The van der Waals surface area contributed by atoms with Gasteiger partial charge in [-0.15, -0.1) is 0 Å². The fourth-order valence-corrected chi connectivity index (χ4v) is 2.45. The number of methoxy groups -OCH3 is 1. The van der Waals surface area contributed by atoms with Gasteiger partial charge in [0.15, 0.2) is 11.5 Å². The van der Waals surface area contributed by atoms with Crippen molar-refractivity contribution in [1.29, 1.82) is 0 Å². The minimum absolute atomic E-state index is 0.235. The Morgan fingerprint density at radius 1 is 1.10 bits per heavy atom. The molecule has 0 aliphatic heterocycles. The Morgan fingerprint density at radius 3 is 2.62 bits per heavy atom. The fourth-order valence-electron chi connectivity index (χ4n) is 2.45. The maximum absolute atomic E-state index is 13.3. The second kappa shape index (κ2) is 5.48. The van der Waals surface area contributed by atoms with E-state index in [4.69, 9.17) is 9.47 Å². The zero-order valence-electron chi connectivity index (χ0n) is 12.0. The van der Waals surface area contributed by atoms with Crippen molar-refractivity contribution in [3.05, 3.63) is 60.0 Å². The van der Waals surface area contributed by atoms with Crippen LogP contribution in [0.5, 0.6) is 11.5 Å². The zero-order chi connectivity index (χ0) is 14.8. The molecule has 3 rings (SSSR count). The average Bonchev–Trinajstić information content (AvgIpc) is 2.81. The smallest absolute Gasteiger partial charge is 0.161 e. The standard InChI is InChI=1S/C17H16FNO2/c1-19-10-12(14-8-7-13(18)9-15(14)19)11-21-17-6-4-3-5-16(17)20-2/h3-10H,11H2,1-2H3. The van der Waals surface area contributed by atoms with Gasteiger partial charge in [-0.3, -0.25) is 0 Å². The quantitative estimate of drug-likeness (QED) is 0.725. The van der Waals surface area contributed by atoms with E-state index in [1.54, 1.807) is 13.2 Å². The number of para-hydroxylation sites is 2. The van der Waals surface area contributed by atoms with Crippen LogP contribution in [0.15, 0.2) is 48.7 Å². The first kappa shape index (κ1) is 13.5. The summed E-state index contributed by atoms with van der Waals surface area (Å²) in [6, 6.07) is 12.3. The first-order chi connectivity index (χ1) is 10.2. The van der Waals surface area contributed by atoms with Crippen LogP contribution in [-0.2, 0) is 13.7 Å². The lowest BCUT2D eigenvalue weighted by Crippen LogP contribution is -1.97. The van der Waals surface area contributed by atoms with E-state index in [0.717, 1.165) is 16.5 Å². The maximum Gasteiger partial charge on any atom is 0.161 e. The van der Waals surface area contributed by atoms with Gasteiger partial charge in [-0.05, 0) is 30.3 Å². The van der Waals surface area contributed by atoms with Crippen molar-refractivity contribution in [2.75, 3.05) is 7.11 Å². The molecule has 0 atom stereocenters. The van der Waals surface area contributed by atoms with E-state index in [0.29, 0.717) is 18.1 Å². The van der Waals surface area contributed by atoms with E-state index < -0.39 is 0 Å². The van der Waals surface area contributed by atoms with Gasteiger partial charge in [0.05, 0.1) is 12.6 Å². The van der Waals surface area contributed by atoms with Crippen molar-refractivity contribution in [3.63, 3.8) is 0 Å². The summed E-state index contributed by atoms with van der Waals surface area (Å²) in [5.74, 6) is 1.16. The van der Waals surface area contributed by atoms with Crippen molar-refractivity contribution < 1.29 is 13.9 Å². The predicted molar refractivity (Wildman–Crippen MR) is 80.2 cm³/mol. The Hall–Kier alpha value is -2.49. The molecule has 4 heteroatoms. The number of nitrogens with zero attached hydrogens (tertiary/aromatic N) is 1. The number of benzene rings is 2. The van der Waals surface area contributed by atoms with Gasteiger partial charge in [-0.1, -0.05) is 12.1 Å². The molecule has 0 fully saturated rings. The van der Waals surface area contributed by atoms with Gasteiger partial charge in [0.2, 0.25) is 0 Å². The second-order valence-corrected chi connectivity index (χ2v) is 4.87. The van der Waals surface area contributed by atoms with Gasteiger partial charge >= 0.3 is 0 Å². The third-order valence-electron chi connectivity index (χ3n) is 3.49. The number of hydrogen-bond acceptors (Lipinski definition) is 2. The molecule has 0 N–H and O–H groups in total. The van der Waals surface area contributed by atoms with E-state index in [2.05, 4.69) is 0 Å². The highest BCUT2D eigenvalue weighted by molar-refractivity contribution is 5.83. The van der Waals surface area contributed by atoms with E-state index in [1.165, 1.54) is 12.1 Å². The minimum atomic E-state index is -0.235. The molecule has 1 aromatic heterocycles. The largest absolute Gasteiger partial charge is 0.493 e. The molecule has 1 heterocycles. The lowest BCUT2D eigenvalue weighted by Gasteiger charge is -2.09. The molecule has 0 unspecified atom stereocenters. The van der Waals surface area contributed by atoms with Gasteiger partial charge in [-0.25, -0.2) is 4.39 Å². The van der Waals surface area contributed by atoms with Crippen LogP contribution in [0.1, 0.15) is 5.56 Å². The predicted octanol–water partition coefficient (Wildman–Crippen LogP) is 3.91. The van der Waals surface area contributed by atoms with E-state index in [1.807, 2.05) is 42.1 Å². The van der Waals surface area contributed by atoms with Crippen molar-refractivity contribution in [1.82, 2.24) is 4.57 Å². The SMILES string of the molecule is COc1ccccc1OCc1cn(C)c2cc(F)ccc12. The Morgan fingerprint density at radius 2 is 1.86 bits per heavy atom. The Kier molecular flexibility index (Phi) is 3.52. The summed E-state index contributed by atoms with van der Waals surface area (Å²) >= 11 is 0. The summed E-state index contributed by atoms with van der Waals surface area (Å²) < 4.78 is 26.3. The van der Waals surface area contributed by atoms with E-state index in [-0.39, 0.29) is 5.82 Å². The number of hydrogen-bond donors (Lipinski definition) is 0. The van der Waals surface area contributed by atoms with Crippen molar-refractivity contribution >= 4 is 10.9 Å². The summed E-state index contributed by atoms with van der Waals surface area (Å²) in [6.45, 7) is 0.406. The molecular weight excluding hydrogens is 269 g/mol. The summed E-state index contributed by atoms with van der Waals surface area (Å²) in [4.78, 5) is 0. The molecule has 0 saturated heterocycles. The van der Waals surface area contributed by atoms with Crippen LogP contribution < -0.4 is 9.47 Å². The fraction of sp³-hybridized carbons (Fsp3) is 0.176. The van der Waals surface area contributed by atoms with Crippen LogP contribution in [0.2, 0.25) is 0 Å². The highest BCUT2D eigenvalue weighted by Crippen LogP contribution is 2.28. The molecule has 3 nitrogen and oxygen atoms in total. The molecule has 0 saturated carbocycles. The lowest BCUT2D eigenvalue weighted by molar-refractivity contribution is 0.285. The highest BCUT2D eigenvalue weighted by Gasteiger charge is 2.09. The van der Waals surface area contributed by atoms with Crippen molar-refractivity contribution in [2.45, 2.75) is 6.61 Å². The normalized spacial score (nSPS) is 10.8. The topological polar surface area (TPSA) is 23.4 Å². The van der Waals surface area contributed by atoms with Crippen molar-refractivity contribution in [2.24, 2.45) is 7.05 Å². The highest BCUT2D eigenvalue weighted by atomic mass is 19.1. The molecule has 0 aliphatic carbocycles. The van der Waals surface area contributed by atoms with Gasteiger partial charge in [0.25, 0.3) is 0 Å². The third-order valence-corrected chi connectivity index (χ3v) is 3.49. The summed E-state index contributed by atoms with van der Waals surface area (Å²) in [5, 5.41) is 0.994. The van der Waals surface area contributed by atoms with Gasteiger partial charge in [0, 0.05) is 24.2 Å². The van der Waals surface area contributed by atoms with E-state index >= 15 is 0 Å². The van der Waals surface area contributed by atoms with Crippen LogP contribution in [0.3, 0.4) is 0 Å². The zero-order valence-corrected chi connectivity index (χ0v) is 12.0. The van der Waals surface area contributed by atoms with Crippen LogP contribution in [0, 0.1) is 5.82 Å². The van der Waals surface area contributed by atoms with Crippen LogP contribution in [0.4, 0.5) is 4.39 Å². The molecule has 2 aromatic carbocycles. The number of halogens is 1. The molecule has 3 aromatic rings. The molecule has 0 amide bonds. The molecule has 0 radical (unpaired) electrons. The van der Waals surface area contributed by atoms with Crippen LogP contribution in [0.25, 0.3) is 10.9 Å². The molecule has 108 valence electrons. The molecule has 21 heavy (non-hydrogen) atoms. The number of aromatic nitrogens is 1. The van der Waals surface area contributed by atoms with E-state index in [9.17, 15) is 4.39 Å². The third kappa shape index (κ3) is 2.57. The van der Waals surface area contributed by atoms with Gasteiger partial charge in [-0.2, -0.15) is 0 Å². The van der Waals surface area contributed by atoms with Crippen LogP contribution >= 0.6 is 0 Å². The number of aryl methyl sites for hydroxylation is 1. The first-order valence-corrected chi connectivity index (χ1v) is 6.68. The molecular formula is C17H16FNO2. The van der Waals surface area contributed by atoms with Crippen LogP contribution in [-0.4, -0.2) is 11.7 Å². The Bertz CT molecular complexity index is 780. The molecule has 0 bridgehead atoms. The maximum atomic E-state index is 13.3. The summed E-state index contributed by atoms with van der Waals surface area (Å²) in [5.41, 5.74) is 1.87. The minimum Gasteiger partial charge on any atom is -0.493 e. The van der Waals surface area contributed by atoms with Gasteiger partial charge in [0.1, 0.15) is 12.4 Å². The number of fused-ring (bicyclic) bond motifs is 1. The Labute approximate surface area is 122 Å². The number of rotatable bonds is 4. The average molecular weight is 285 g/mol. The van der Waals surface area contributed by atoms with Gasteiger partial charge < -0.3 is 14.0 Å². The lowest BCUT2D eigenvalue weighted by atomic mass is 10.2. The van der Waals surface area contributed by atoms with Crippen molar-refractivity contribution in [3.8, 4) is 11.5 Å². The molecule has 0 aliphatic rings. The Balaban J connectivity index is 1.89. The second-order valence-electron chi connectivity index (χ2n) is 4.87. The summed E-state index contributed by atoms with van der Waals surface area (Å²) in [7, 11) is 3.51. The number of ether oxygens (including phenoxy) is 2. The molecule has 0 spiro atoms. The summed E-state index contributed by atoms with van der Waals surface area (Å²) in [6.07, 6.45) is 1.96.